The van der Waals surface area contributed by atoms with E-state index in [0.717, 1.165) is 45.0 Å². The number of aromatic nitrogens is 4. The van der Waals surface area contributed by atoms with Crippen molar-refractivity contribution in [3.8, 4) is 22.9 Å². The molecule has 4 N–H and O–H groups in total. The van der Waals surface area contributed by atoms with Crippen LogP contribution >= 0.6 is 24.4 Å². The van der Waals surface area contributed by atoms with Crippen LogP contribution in [0.1, 0.15) is 23.5 Å². The Morgan fingerprint density at radius 3 is 1.04 bits per heavy atom. The van der Waals surface area contributed by atoms with E-state index in [1.54, 1.807) is 57.9 Å². The zero-order valence-corrected chi connectivity index (χ0v) is 39.0. The molecule has 0 amide bonds. The Kier molecular flexibility index (Phi) is 12.8. The predicted octanol–water partition coefficient (Wildman–Crippen LogP) is 13.7. The van der Waals surface area contributed by atoms with Gasteiger partial charge in [-0.25, -0.2) is 8.42 Å². The van der Waals surface area contributed by atoms with E-state index in [2.05, 4.69) is 21.3 Å². The maximum absolute atomic E-state index is 14.0. The summed E-state index contributed by atoms with van der Waals surface area (Å²) in [5.41, 5.74) is 8.31. The van der Waals surface area contributed by atoms with Gasteiger partial charge in [-0.2, -0.15) is 9.36 Å². The van der Waals surface area contributed by atoms with Gasteiger partial charge in [0, 0.05) is 45.3 Å². The lowest BCUT2D eigenvalue weighted by Crippen LogP contribution is -2.21. The number of hydrogen-bond acceptors (Lipinski definition) is 12. The molecule has 2 heterocycles. The smallest absolute Gasteiger partial charge is 0.289 e. The Morgan fingerprint density at radius 2 is 0.696 bits per heavy atom. The second-order valence-corrected chi connectivity index (χ2v) is 18.5. The summed E-state index contributed by atoms with van der Waals surface area (Å²) in [6.07, 6.45) is -1.16. The molecule has 2 unspecified atom stereocenters. The number of para-hydroxylation sites is 2. The van der Waals surface area contributed by atoms with E-state index in [1.807, 2.05) is 170 Å². The molecule has 2 aromatic heterocycles. The third-order valence-electron chi connectivity index (χ3n) is 11.2. The van der Waals surface area contributed by atoms with E-state index in [1.165, 1.54) is 0 Å². The highest BCUT2D eigenvalue weighted by atomic mass is 32.2. The molecule has 0 aliphatic heterocycles. The van der Waals surface area contributed by atoms with Gasteiger partial charge in [-0.05, 0) is 157 Å². The highest BCUT2D eigenvalue weighted by Crippen LogP contribution is 2.31. The van der Waals surface area contributed by atoms with Gasteiger partial charge < -0.3 is 30.1 Å². The molecular weight excluding hydrogens is 921 g/mol. The van der Waals surface area contributed by atoms with Gasteiger partial charge in [0.25, 0.3) is 9.67 Å². The molecule has 10 rings (SSSR count). The van der Waals surface area contributed by atoms with Crippen LogP contribution in [0.15, 0.2) is 237 Å². The fourth-order valence-corrected chi connectivity index (χ4v) is 9.37. The Bertz CT molecular complexity index is 3300. The lowest BCUT2D eigenvalue weighted by Gasteiger charge is -2.20. The highest BCUT2D eigenvalue weighted by Gasteiger charge is 2.23. The number of benzene rings is 8. The van der Waals surface area contributed by atoms with Crippen LogP contribution in [0, 0.1) is 9.67 Å². The molecule has 340 valence electrons. The van der Waals surface area contributed by atoms with Crippen LogP contribution in [0.25, 0.3) is 22.9 Å². The minimum absolute atomic E-state index is 0.128. The van der Waals surface area contributed by atoms with Crippen molar-refractivity contribution in [3.63, 3.8) is 0 Å². The molecule has 0 aliphatic rings. The lowest BCUT2D eigenvalue weighted by molar-refractivity contribution is 0.496. The number of nitrogens with zero attached hydrogens (tertiary/aromatic N) is 4. The van der Waals surface area contributed by atoms with E-state index < -0.39 is 22.2 Å². The van der Waals surface area contributed by atoms with Crippen molar-refractivity contribution >= 4 is 68.4 Å². The van der Waals surface area contributed by atoms with Crippen molar-refractivity contribution in [1.29, 1.82) is 0 Å². The average molecular weight is 963 g/mol. The average Bonchev–Trinajstić information content (AvgIpc) is 3.98. The van der Waals surface area contributed by atoms with Crippen molar-refractivity contribution in [2.45, 2.75) is 22.1 Å². The van der Waals surface area contributed by atoms with Crippen molar-refractivity contribution < 1.29 is 17.3 Å². The van der Waals surface area contributed by atoms with Gasteiger partial charge in [0.15, 0.2) is 12.3 Å². The van der Waals surface area contributed by atoms with Crippen molar-refractivity contribution in [2.24, 2.45) is 0 Å². The standard InChI is InChI=1S/C54H42N8O4S3/c63-69(64,47-33-29-45(30-34-47)57-49(37-13-5-1-6-14-37)61-53(67)65-51(59-61)39-21-25-43(26-22-39)55-41-17-9-3-10-18-41)48-35-31-46(32-36-48)58-50(38-15-7-2-8-16-38)62-54(68)66-52(60-62)40-23-27-44(28-24-40)56-42-19-11-4-12-20-42/h1-36,49-50,55-58H. The second-order valence-electron chi connectivity index (χ2n) is 15.8. The molecule has 0 spiro atoms. The molecule has 15 heteroatoms. The third-order valence-corrected chi connectivity index (χ3v) is 13.5. The minimum atomic E-state index is -3.91. The molecule has 0 radical (unpaired) electrons. The molecule has 0 bridgehead atoms. The zero-order chi connectivity index (χ0) is 47.2. The Labute approximate surface area is 408 Å². The van der Waals surface area contributed by atoms with Crippen LogP contribution in [0.5, 0.6) is 0 Å². The summed E-state index contributed by atoms with van der Waals surface area (Å²) >= 11 is 11.4. The molecule has 0 saturated heterocycles. The summed E-state index contributed by atoms with van der Waals surface area (Å²) in [6, 6.07) is 67.9. The van der Waals surface area contributed by atoms with E-state index in [0.29, 0.717) is 23.2 Å². The first-order valence-electron chi connectivity index (χ1n) is 21.9. The van der Waals surface area contributed by atoms with Crippen LogP contribution in [-0.2, 0) is 9.84 Å². The van der Waals surface area contributed by atoms with Gasteiger partial charge in [0.1, 0.15) is 0 Å². The monoisotopic (exact) mass is 962 g/mol. The van der Waals surface area contributed by atoms with E-state index >= 15 is 0 Å². The SMILES string of the molecule is O=S(=O)(c1ccc(NC(c2ccccc2)n2nc(-c3ccc(Nc4ccccc4)cc3)oc2=S)cc1)c1ccc(NC(c2ccccc2)n2nc(-c3ccc(Nc4ccccc4)cc3)oc2=S)cc1. The lowest BCUT2D eigenvalue weighted by atomic mass is 10.1. The molecule has 69 heavy (non-hydrogen) atoms. The molecule has 0 saturated carbocycles. The number of anilines is 6. The van der Waals surface area contributed by atoms with Gasteiger partial charge in [0.05, 0.1) is 9.79 Å². The molecule has 10 aromatic rings. The number of hydrogen-bond donors (Lipinski definition) is 4. The largest absolute Gasteiger partial charge is 0.409 e. The van der Waals surface area contributed by atoms with Crippen molar-refractivity contribution in [2.75, 3.05) is 21.3 Å². The predicted molar refractivity (Wildman–Crippen MR) is 276 cm³/mol. The van der Waals surface area contributed by atoms with E-state index in [9.17, 15) is 8.42 Å². The molecular formula is C54H42N8O4S3. The van der Waals surface area contributed by atoms with Crippen LogP contribution in [0.3, 0.4) is 0 Å². The van der Waals surface area contributed by atoms with Gasteiger partial charge in [-0.1, -0.05) is 97.1 Å². The summed E-state index contributed by atoms with van der Waals surface area (Å²) in [4.78, 5) is 0.584. The summed E-state index contributed by atoms with van der Waals surface area (Å²) in [7, 11) is -3.91. The Hall–Kier alpha value is -8.37. The summed E-state index contributed by atoms with van der Waals surface area (Å²) in [5, 5.41) is 23.3. The van der Waals surface area contributed by atoms with Gasteiger partial charge in [-0.15, -0.1) is 10.2 Å². The maximum Gasteiger partial charge on any atom is 0.289 e. The first kappa shape index (κ1) is 44.5. The van der Waals surface area contributed by atoms with Crippen molar-refractivity contribution in [3.05, 3.63) is 239 Å². The number of rotatable bonds is 16. The van der Waals surface area contributed by atoms with E-state index in [4.69, 9.17) is 43.5 Å². The fourth-order valence-electron chi connectivity index (χ4n) is 7.66. The van der Waals surface area contributed by atoms with Crippen molar-refractivity contribution in [1.82, 2.24) is 19.6 Å². The minimum Gasteiger partial charge on any atom is -0.409 e. The first-order valence-corrected chi connectivity index (χ1v) is 24.2. The Balaban J connectivity index is 0.846. The van der Waals surface area contributed by atoms with Crippen LogP contribution < -0.4 is 21.3 Å². The quantitative estimate of drug-likeness (QED) is 0.0684. The second kappa shape index (κ2) is 19.8. The Morgan fingerprint density at radius 1 is 0.391 bits per heavy atom. The maximum atomic E-state index is 14.0. The summed E-state index contributed by atoms with van der Waals surface area (Å²) < 4.78 is 43.4. The van der Waals surface area contributed by atoms with Gasteiger partial charge >= 0.3 is 0 Å². The zero-order valence-electron chi connectivity index (χ0n) is 36.6. The molecule has 12 nitrogen and oxygen atoms in total. The van der Waals surface area contributed by atoms with Crippen LogP contribution in [0.4, 0.5) is 34.1 Å². The van der Waals surface area contributed by atoms with Gasteiger partial charge in [-0.3, -0.25) is 0 Å². The first-order chi connectivity index (χ1) is 33.7. The molecule has 0 aliphatic carbocycles. The third kappa shape index (κ3) is 10.2. The van der Waals surface area contributed by atoms with Crippen LogP contribution in [0.2, 0.25) is 0 Å². The normalized spacial score (nSPS) is 12.2. The van der Waals surface area contributed by atoms with Crippen LogP contribution in [-0.4, -0.2) is 28.0 Å². The number of nitrogens with one attached hydrogen (secondary N) is 4. The van der Waals surface area contributed by atoms with E-state index in [-0.39, 0.29) is 19.5 Å². The summed E-state index contributed by atoms with van der Waals surface area (Å²) in [5.74, 6) is 0.719. The molecule has 0 fully saturated rings. The topological polar surface area (TPSA) is 144 Å². The molecule has 8 aromatic carbocycles. The summed E-state index contributed by atoms with van der Waals surface area (Å²) in [6.45, 7) is 0. The highest BCUT2D eigenvalue weighted by molar-refractivity contribution is 7.91. The fraction of sp³-hybridized carbons (Fsp3) is 0.0370. The molecule has 2 atom stereocenters. The number of sulfone groups is 1. The van der Waals surface area contributed by atoms with Gasteiger partial charge in [0.2, 0.25) is 21.6 Å².